The molecule has 5 rings (SSSR count). The Kier molecular flexibility index (Phi) is 18.3. The van der Waals surface area contributed by atoms with Crippen LogP contribution in [0.25, 0.3) is 10.8 Å². The minimum absolute atomic E-state index is 0.0443. The molecule has 1 saturated carbocycles. The predicted molar refractivity (Wildman–Crippen MR) is 231 cm³/mol. The van der Waals surface area contributed by atoms with Gasteiger partial charge in [-0.2, -0.15) is 0 Å². The zero-order valence-electron chi connectivity index (χ0n) is 35.0. The number of rotatable bonds is 18. The lowest BCUT2D eigenvalue weighted by molar-refractivity contribution is -0.274. The summed E-state index contributed by atoms with van der Waals surface area (Å²) < 4.78 is 40.5. The van der Waals surface area contributed by atoms with Gasteiger partial charge < -0.3 is 35.8 Å². The van der Waals surface area contributed by atoms with Gasteiger partial charge in [0.1, 0.15) is 5.75 Å². The number of hydrogen-bond acceptors (Lipinski definition) is 8. The SMILES string of the molecule is CN(C)CCCNC(=O)CC1(CC(=O)Nc2ccc(OC(F)(F)F)cc2)CCCC1.CNC(=O)c1cccc2cccc(Sc3ccccc3C(=O)NCCCN(C)C)c12. The maximum absolute atomic E-state index is 12.8. The third-order valence-corrected chi connectivity index (χ3v) is 11.1. The Labute approximate surface area is 355 Å². The maximum Gasteiger partial charge on any atom is 0.573 e. The second kappa shape index (κ2) is 23.0. The van der Waals surface area contributed by atoms with E-state index in [2.05, 4.69) is 35.8 Å². The molecule has 4 amide bonds. The number of hydrogen-bond donors (Lipinski definition) is 4. The first-order valence-electron chi connectivity index (χ1n) is 20.1. The third-order valence-electron chi connectivity index (χ3n) is 9.97. The van der Waals surface area contributed by atoms with Crippen LogP contribution in [0.1, 0.15) is 72.1 Å². The van der Waals surface area contributed by atoms with Crippen LogP contribution in [0.2, 0.25) is 0 Å². The van der Waals surface area contributed by atoms with Gasteiger partial charge in [0.15, 0.2) is 0 Å². The van der Waals surface area contributed by atoms with Crippen LogP contribution in [0.3, 0.4) is 0 Å². The molecule has 1 aliphatic rings. The van der Waals surface area contributed by atoms with Gasteiger partial charge in [-0.05, 0) is 126 Å². The molecular formula is C45H57F3N6O5S. The van der Waals surface area contributed by atoms with E-state index in [1.165, 1.54) is 23.9 Å². The Balaban J connectivity index is 0.000000265. The second-order valence-corrected chi connectivity index (χ2v) is 16.5. The average Bonchev–Trinajstić information content (AvgIpc) is 3.65. The van der Waals surface area contributed by atoms with Crippen molar-refractivity contribution in [1.29, 1.82) is 0 Å². The van der Waals surface area contributed by atoms with Crippen molar-refractivity contribution in [3.8, 4) is 5.75 Å². The summed E-state index contributed by atoms with van der Waals surface area (Å²) in [5.41, 5.74) is 1.29. The molecule has 0 spiro atoms. The first-order chi connectivity index (χ1) is 28.6. The van der Waals surface area contributed by atoms with Gasteiger partial charge in [0.25, 0.3) is 11.8 Å². The van der Waals surface area contributed by atoms with Gasteiger partial charge in [0.05, 0.1) is 5.56 Å². The summed E-state index contributed by atoms with van der Waals surface area (Å²) in [6.07, 6.45) is 1.09. The van der Waals surface area contributed by atoms with Gasteiger partial charge in [-0.15, -0.1) is 13.2 Å². The monoisotopic (exact) mass is 850 g/mol. The molecule has 0 heterocycles. The largest absolute Gasteiger partial charge is 0.573 e. The van der Waals surface area contributed by atoms with Crippen molar-refractivity contribution >= 4 is 51.9 Å². The van der Waals surface area contributed by atoms with E-state index in [4.69, 9.17) is 0 Å². The standard InChI is InChI=1S/C24H27N3O2S.C21H30F3N3O3/c1-25-23(28)19-12-6-9-17-10-7-14-21(22(17)19)30-20-13-5-4-11-18(20)24(29)26-15-8-16-27(2)3;1-27(2)13-5-12-25-18(28)14-20(10-3-4-11-20)15-19(29)26-16-6-8-17(9-7-16)30-21(22,23)24/h4-7,9-14H,8,15-16H2,1-3H3,(H,25,28)(H,26,29);6-9H,3-5,10-15H2,1-2H3,(H,25,28)(H,26,29). The Hall–Kier alpha value is -5.12. The van der Waals surface area contributed by atoms with E-state index < -0.39 is 6.36 Å². The zero-order chi connectivity index (χ0) is 43.7. The lowest BCUT2D eigenvalue weighted by atomic mass is 9.79. The van der Waals surface area contributed by atoms with Crippen molar-refractivity contribution < 1.29 is 37.1 Å². The number of halogens is 3. The lowest BCUT2D eigenvalue weighted by Crippen LogP contribution is -2.34. The highest BCUT2D eigenvalue weighted by molar-refractivity contribution is 7.99. The molecule has 4 N–H and O–H groups in total. The molecule has 324 valence electrons. The van der Waals surface area contributed by atoms with Crippen LogP contribution < -0.4 is 26.0 Å². The molecule has 1 aliphatic carbocycles. The van der Waals surface area contributed by atoms with Crippen molar-refractivity contribution in [2.75, 3.05) is 66.7 Å². The highest BCUT2D eigenvalue weighted by Crippen LogP contribution is 2.44. The van der Waals surface area contributed by atoms with Crippen LogP contribution in [-0.4, -0.2) is 101 Å². The van der Waals surface area contributed by atoms with Crippen LogP contribution >= 0.6 is 11.8 Å². The van der Waals surface area contributed by atoms with Crippen molar-refractivity contribution in [3.63, 3.8) is 0 Å². The Bertz CT molecular complexity index is 2030. The van der Waals surface area contributed by atoms with Gasteiger partial charge >= 0.3 is 6.36 Å². The minimum atomic E-state index is -4.76. The number of fused-ring (bicyclic) bond motifs is 1. The van der Waals surface area contributed by atoms with E-state index in [9.17, 15) is 32.3 Å². The molecular weight excluding hydrogens is 794 g/mol. The maximum atomic E-state index is 12.8. The van der Waals surface area contributed by atoms with Crippen LogP contribution in [0.4, 0.5) is 18.9 Å². The third kappa shape index (κ3) is 15.5. The van der Waals surface area contributed by atoms with Crippen LogP contribution in [-0.2, 0) is 9.59 Å². The van der Waals surface area contributed by atoms with Crippen molar-refractivity contribution in [3.05, 3.63) is 96.1 Å². The Morgan fingerprint density at radius 2 is 1.27 bits per heavy atom. The number of ether oxygens (including phenoxy) is 1. The average molecular weight is 851 g/mol. The topological polar surface area (TPSA) is 132 Å². The van der Waals surface area contributed by atoms with Crippen LogP contribution in [0.5, 0.6) is 5.75 Å². The van der Waals surface area contributed by atoms with Crippen molar-refractivity contribution in [2.45, 2.75) is 67.5 Å². The molecule has 4 aromatic carbocycles. The van der Waals surface area contributed by atoms with Crippen molar-refractivity contribution in [1.82, 2.24) is 25.8 Å². The molecule has 15 heteroatoms. The molecule has 0 saturated heterocycles. The van der Waals surface area contributed by atoms with Gasteiger partial charge in [0, 0.05) is 59.4 Å². The number of anilines is 1. The van der Waals surface area contributed by atoms with E-state index in [-0.39, 0.29) is 41.2 Å². The van der Waals surface area contributed by atoms with Gasteiger partial charge in [-0.25, -0.2) is 0 Å². The van der Waals surface area contributed by atoms with E-state index in [0.29, 0.717) is 36.3 Å². The lowest BCUT2D eigenvalue weighted by Gasteiger charge is -2.28. The molecule has 1 fully saturated rings. The fraction of sp³-hybridized carbons (Fsp3) is 0.422. The molecule has 11 nitrogen and oxygen atoms in total. The summed E-state index contributed by atoms with van der Waals surface area (Å²) in [5, 5.41) is 13.3. The van der Waals surface area contributed by atoms with Crippen LogP contribution in [0, 0.1) is 5.41 Å². The smallest absolute Gasteiger partial charge is 0.406 e. The summed E-state index contributed by atoms with van der Waals surface area (Å²) in [6.45, 7) is 3.05. The second-order valence-electron chi connectivity index (χ2n) is 15.4. The first-order valence-corrected chi connectivity index (χ1v) is 20.9. The van der Waals surface area contributed by atoms with E-state index in [0.717, 1.165) is 84.3 Å². The van der Waals surface area contributed by atoms with Gasteiger partial charge in [-0.1, -0.05) is 61.0 Å². The van der Waals surface area contributed by atoms with E-state index in [1.807, 2.05) is 88.9 Å². The summed E-state index contributed by atoms with van der Waals surface area (Å²) in [5.74, 6) is -0.846. The van der Waals surface area contributed by atoms with Gasteiger partial charge in [0.2, 0.25) is 11.8 Å². The summed E-state index contributed by atoms with van der Waals surface area (Å²) in [4.78, 5) is 56.1. The minimum Gasteiger partial charge on any atom is -0.406 e. The van der Waals surface area contributed by atoms with Crippen LogP contribution in [0.15, 0.2) is 94.7 Å². The van der Waals surface area contributed by atoms with Gasteiger partial charge in [-0.3, -0.25) is 19.2 Å². The van der Waals surface area contributed by atoms with E-state index >= 15 is 0 Å². The highest BCUT2D eigenvalue weighted by Gasteiger charge is 2.38. The summed E-state index contributed by atoms with van der Waals surface area (Å²) in [6, 6.07) is 24.3. The summed E-state index contributed by atoms with van der Waals surface area (Å²) in [7, 11) is 9.62. The zero-order valence-corrected chi connectivity index (χ0v) is 35.9. The fourth-order valence-corrected chi connectivity index (χ4v) is 8.25. The van der Waals surface area contributed by atoms with E-state index in [1.54, 1.807) is 7.05 Å². The molecule has 0 radical (unpaired) electrons. The fourth-order valence-electron chi connectivity index (χ4n) is 7.12. The molecule has 60 heavy (non-hydrogen) atoms. The van der Waals surface area contributed by atoms with Crippen molar-refractivity contribution in [2.24, 2.45) is 5.41 Å². The predicted octanol–water partition coefficient (Wildman–Crippen LogP) is 7.96. The quantitative estimate of drug-likeness (QED) is 0.0743. The Morgan fingerprint density at radius 3 is 1.88 bits per heavy atom. The number of nitrogens with one attached hydrogen (secondary N) is 4. The number of carbonyl (C=O) groups is 4. The highest BCUT2D eigenvalue weighted by atomic mass is 32.2. The molecule has 0 atom stereocenters. The summed E-state index contributed by atoms with van der Waals surface area (Å²) >= 11 is 1.51. The molecule has 0 aromatic heterocycles. The number of nitrogens with zero attached hydrogens (tertiary/aromatic N) is 2. The molecule has 0 bridgehead atoms. The number of alkyl halides is 3. The Morgan fingerprint density at radius 1 is 0.700 bits per heavy atom. The number of carbonyl (C=O) groups excluding carboxylic acids is 4. The first kappa shape index (κ1) is 47.6. The number of benzene rings is 4. The molecule has 0 unspecified atom stereocenters. The number of amides is 4. The molecule has 0 aliphatic heterocycles. The molecule has 4 aromatic rings. The normalized spacial score (nSPS) is 13.4.